The maximum atomic E-state index is 14.1. The fraction of sp³-hybridized carbons (Fsp3) is 0.568. The first-order valence-corrected chi connectivity index (χ1v) is 21.7. The van der Waals surface area contributed by atoms with Gasteiger partial charge in [0, 0.05) is 92.0 Å². The highest BCUT2D eigenvalue weighted by atomic mass is 32.1. The van der Waals surface area contributed by atoms with E-state index in [1.54, 1.807) is 7.11 Å². The Hall–Kier alpha value is -4.37. The molecule has 3 atom stereocenters. The predicted octanol–water partition coefficient (Wildman–Crippen LogP) is 6.00. The van der Waals surface area contributed by atoms with Crippen molar-refractivity contribution >= 4 is 45.7 Å². The van der Waals surface area contributed by atoms with Gasteiger partial charge >= 0.3 is 5.97 Å². The van der Waals surface area contributed by atoms with Crippen LogP contribution in [0.1, 0.15) is 83.2 Å². The van der Waals surface area contributed by atoms with Gasteiger partial charge in [0.25, 0.3) is 5.91 Å². The van der Waals surface area contributed by atoms with Gasteiger partial charge in [-0.2, -0.15) is 0 Å². The summed E-state index contributed by atoms with van der Waals surface area (Å²) < 4.78 is 14.5. The van der Waals surface area contributed by atoms with E-state index in [0.29, 0.717) is 32.2 Å². The number of anilines is 1. The number of fused-ring (bicyclic) bond motifs is 6. The number of cyclic esters (lactones) is 1. The molecule has 312 valence electrons. The van der Waals surface area contributed by atoms with Crippen LogP contribution in [0.2, 0.25) is 0 Å². The Bertz CT molecular complexity index is 2140. The van der Waals surface area contributed by atoms with Gasteiger partial charge in [0.1, 0.15) is 12.1 Å². The Balaban J connectivity index is 1.38. The van der Waals surface area contributed by atoms with Crippen molar-refractivity contribution in [3.63, 3.8) is 0 Å². The molecule has 2 unspecified atom stereocenters. The number of thiazole rings is 1. The third-order valence-corrected chi connectivity index (χ3v) is 12.6. The smallest absolute Gasteiger partial charge is 0.324 e. The van der Waals surface area contributed by atoms with Gasteiger partial charge in [-0.25, -0.2) is 10.4 Å². The maximum Gasteiger partial charge on any atom is 0.324 e. The van der Waals surface area contributed by atoms with Crippen LogP contribution >= 0.6 is 11.3 Å². The van der Waals surface area contributed by atoms with E-state index >= 15 is 0 Å². The van der Waals surface area contributed by atoms with Crippen molar-refractivity contribution in [1.29, 1.82) is 0 Å². The molecule has 2 N–H and O–H groups in total. The number of hydrazine groups is 1. The molecule has 2 saturated heterocycles. The minimum atomic E-state index is -0.848. The lowest BCUT2D eigenvalue weighted by Crippen LogP contribution is -2.60. The first-order chi connectivity index (χ1) is 27.7. The summed E-state index contributed by atoms with van der Waals surface area (Å²) in [6.45, 7) is 17.6. The highest BCUT2D eigenvalue weighted by molar-refractivity contribution is 7.10. The SMILES string of the molecule is CCn1c(-c2cc(N3CCN(C)CC3)cnc2C(C)OC)c2c3cc(ccc31)-c1csc(n1)C[C@H](NC(=O)CC(C)C)C(=O)N1CCCC(N1)C(=O)OCC(C)(C)C2. The first kappa shape index (κ1) is 41.8. The molecule has 3 aromatic heterocycles. The normalized spacial score (nSPS) is 21.3. The molecule has 14 heteroatoms. The van der Waals surface area contributed by atoms with E-state index in [1.807, 2.05) is 32.3 Å². The number of methoxy groups -OCH3 is 1. The van der Waals surface area contributed by atoms with Gasteiger partial charge in [-0.15, -0.1) is 11.3 Å². The van der Waals surface area contributed by atoms with Crippen LogP contribution in [0.5, 0.6) is 0 Å². The molecular formula is C44H60N8O5S. The number of carbonyl (C=O) groups excluding carboxylic acids is 3. The quantitative estimate of drug-likeness (QED) is 0.204. The zero-order valence-corrected chi connectivity index (χ0v) is 36.2. The van der Waals surface area contributed by atoms with Gasteiger partial charge in [0.15, 0.2) is 0 Å². The summed E-state index contributed by atoms with van der Waals surface area (Å²) in [5.74, 6) is -0.743. The van der Waals surface area contributed by atoms with Crippen molar-refractivity contribution in [2.45, 2.75) is 98.4 Å². The van der Waals surface area contributed by atoms with Crippen LogP contribution in [0.3, 0.4) is 0 Å². The second-order valence-electron chi connectivity index (χ2n) is 17.4. The highest BCUT2D eigenvalue weighted by Gasteiger charge is 2.36. The number of hydrogen-bond acceptors (Lipinski definition) is 11. The molecule has 6 bridgehead atoms. The van der Waals surface area contributed by atoms with Crippen LogP contribution in [0, 0.1) is 11.3 Å². The van der Waals surface area contributed by atoms with Crippen LogP contribution < -0.4 is 15.6 Å². The number of amides is 2. The molecule has 0 aliphatic carbocycles. The minimum absolute atomic E-state index is 0.132. The van der Waals surface area contributed by atoms with Crippen LogP contribution in [-0.2, 0) is 43.2 Å². The second-order valence-corrected chi connectivity index (χ2v) is 18.4. The zero-order chi connectivity index (χ0) is 41.3. The standard InChI is InChI=1S/C44H60N8O5S/c1-9-51-37-13-12-29-20-31(37)33(41(51)32-21-30(24-45-40(32)28(4)56-8)50-17-15-49(7)16-18-50)23-44(5,6)26-57-43(55)34-11-10-14-52(48-34)42(54)35(46-38(53)19-27(2)3)22-39-47-36(29)25-58-39/h12-13,20-21,24-25,27-28,34-35,48H,9-11,14-19,22-23,26H2,1-8H3,(H,46,53)/t28?,34?,35-/m0/s1. The Morgan fingerprint density at radius 2 is 1.90 bits per heavy atom. The van der Waals surface area contributed by atoms with Gasteiger partial charge in [-0.05, 0) is 69.8 Å². The number of benzene rings is 1. The maximum absolute atomic E-state index is 14.1. The summed E-state index contributed by atoms with van der Waals surface area (Å²) in [6, 6.07) is 7.29. The number of nitrogens with zero attached hydrogens (tertiary/aromatic N) is 6. The van der Waals surface area contributed by atoms with Crippen LogP contribution in [-0.4, -0.2) is 108 Å². The van der Waals surface area contributed by atoms with E-state index in [4.69, 9.17) is 19.4 Å². The third-order valence-electron chi connectivity index (χ3n) is 11.7. The Kier molecular flexibility index (Phi) is 12.6. The molecule has 0 saturated carbocycles. The Labute approximate surface area is 346 Å². The summed E-state index contributed by atoms with van der Waals surface area (Å²) in [4.78, 5) is 55.9. The van der Waals surface area contributed by atoms with E-state index in [9.17, 15) is 14.4 Å². The fourth-order valence-electron chi connectivity index (χ4n) is 8.46. The largest absolute Gasteiger partial charge is 0.464 e. The topological polar surface area (TPSA) is 134 Å². The molecule has 4 aromatic rings. The van der Waals surface area contributed by atoms with Gasteiger partial charge in [0.05, 0.1) is 46.7 Å². The van der Waals surface area contributed by atoms with Crippen molar-refractivity contribution in [3.05, 3.63) is 52.1 Å². The van der Waals surface area contributed by atoms with Crippen molar-refractivity contribution < 1.29 is 23.9 Å². The molecule has 3 aliphatic rings. The minimum Gasteiger partial charge on any atom is -0.464 e. The monoisotopic (exact) mass is 812 g/mol. The van der Waals surface area contributed by atoms with Gasteiger partial charge < -0.3 is 29.2 Å². The number of nitrogens with one attached hydrogen (secondary N) is 2. The van der Waals surface area contributed by atoms with Crippen molar-refractivity contribution in [2.75, 3.05) is 58.4 Å². The Morgan fingerprint density at radius 3 is 2.62 bits per heavy atom. The predicted molar refractivity (Wildman–Crippen MR) is 228 cm³/mol. The molecule has 7 rings (SSSR count). The molecular weight excluding hydrogens is 753 g/mol. The lowest BCUT2D eigenvalue weighted by Gasteiger charge is -2.35. The van der Waals surface area contributed by atoms with E-state index in [1.165, 1.54) is 16.3 Å². The molecule has 58 heavy (non-hydrogen) atoms. The lowest BCUT2D eigenvalue weighted by molar-refractivity contribution is -0.155. The number of aryl methyl sites for hydroxylation is 1. The molecule has 13 nitrogen and oxygen atoms in total. The molecule has 0 radical (unpaired) electrons. The molecule has 3 aliphatic heterocycles. The highest BCUT2D eigenvalue weighted by Crippen LogP contribution is 2.43. The molecule has 2 fully saturated rings. The number of esters is 1. The zero-order valence-electron chi connectivity index (χ0n) is 35.4. The first-order valence-electron chi connectivity index (χ1n) is 20.8. The van der Waals surface area contributed by atoms with Gasteiger partial charge in [-0.3, -0.25) is 24.4 Å². The fourth-order valence-corrected chi connectivity index (χ4v) is 9.31. The molecule has 0 spiro atoms. The summed E-state index contributed by atoms with van der Waals surface area (Å²) in [6.07, 6.45) is 4.05. The average Bonchev–Trinajstić information content (AvgIpc) is 3.80. The lowest BCUT2D eigenvalue weighted by atomic mass is 9.84. The summed E-state index contributed by atoms with van der Waals surface area (Å²) >= 11 is 1.48. The number of piperazine rings is 1. The number of ether oxygens (including phenoxy) is 2. The second kappa shape index (κ2) is 17.5. The molecule has 6 heterocycles. The van der Waals surface area contributed by atoms with E-state index in [-0.39, 0.29) is 36.9 Å². The van der Waals surface area contributed by atoms with E-state index in [0.717, 1.165) is 88.1 Å². The van der Waals surface area contributed by atoms with Crippen molar-refractivity contribution in [2.24, 2.45) is 11.3 Å². The third kappa shape index (κ3) is 8.95. The number of carbonyl (C=O) groups is 3. The van der Waals surface area contributed by atoms with Gasteiger partial charge in [0.2, 0.25) is 5.91 Å². The van der Waals surface area contributed by atoms with E-state index < -0.39 is 23.5 Å². The van der Waals surface area contributed by atoms with Crippen molar-refractivity contribution in [3.8, 4) is 22.5 Å². The van der Waals surface area contributed by atoms with Crippen LogP contribution in [0.15, 0.2) is 35.8 Å². The average molecular weight is 813 g/mol. The molecule has 2 amide bonds. The number of likely N-dealkylation sites (N-methyl/N-ethyl adjacent to an activating group) is 1. The van der Waals surface area contributed by atoms with Crippen LogP contribution in [0.25, 0.3) is 33.4 Å². The van der Waals surface area contributed by atoms with E-state index in [2.05, 4.69) is 77.2 Å². The Morgan fingerprint density at radius 1 is 1.12 bits per heavy atom. The summed E-state index contributed by atoms with van der Waals surface area (Å²) in [5.41, 5.74) is 10.8. The summed E-state index contributed by atoms with van der Waals surface area (Å²) in [7, 11) is 3.89. The number of rotatable bonds is 8. The van der Waals surface area contributed by atoms with Crippen LogP contribution in [0.4, 0.5) is 5.69 Å². The molecule has 1 aromatic carbocycles. The van der Waals surface area contributed by atoms with Crippen molar-refractivity contribution in [1.82, 2.24) is 35.2 Å². The number of aromatic nitrogens is 3. The number of pyridine rings is 1. The van der Waals surface area contributed by atoms with Gasteiger partial charge in [-0.1, -0.05) is 33.8 Å². The number of hydrogen-bond donors (Lipinski definition) is 2. The summed E-state index contributed by atoms with van der Waals surface area (Å²) in [5, 5.41) is 8.36.